The summed E-state index contributed by atoms with van der Waals surface area (Å²) in [5, 5.41) is 7.58. The molecular weight excluding hydrogens is 518 g/mol. The molecule has 2 unspecified atom stereocenters. The number of fused-ring (bicyclic) bond motifs is 1. The van der Waals surface area contributed by atoms with Gasteiger partial charge in [0.2, 0.25) is 11.7 Å². The van der Waals surface area contributed by atoms with E-state index >= 15 is 0 Å². The van der Waals surface area contributed by atoms with Gasteiger partial charge in [-0.05, 0) is 56.3 Å². The summed E-state index contributed by atoms with van der Waals surface area (Å²) in [7, 11) is 1.15. The molecule has 0 aromatic heterocycles. The van der Waals surface area contributed by atoms with Crippen LogP contribution in [0.1, 0.15) is 68.2 Å². The highest BCUT2D eigenvalue weighted by molar-refractivity contribution is 6.38. The minimum absolute atomic E-state index is 0.0240. The number of nitrogens with one attached hydrogen (secondary N) is 3. The molecule has 0 saturated heterocycles. The number of carbonyl (C=O) groups is 6. The summed E-state index contributed by atoms with van der Waals surface area (Å²) in [4.78, 5) is 76.9. The van der Waals surface area contributed by atoms with E-state index in [2.05, 4.69) is 27.3 Å². The standard InChI is InChI=1S/C29H45N3O8/c1-11-12-17(22(35)25(37)30-14-18(33)39-10)31-24(36)19-15(13-16-20(19)29(16,8)9)21(34)23(27(2,3)4)32-26(38)40-28(5,6)7/h11,15-17,19-20,23H,1,12-14H2,2-10H3,(H,30,37)(H,31,36)(H,32,38)/t15?,16-,17?,19-,20-,23-/m0/s1. The number of Topliss-reactive ketones (excluding diaryl/α,β-unsaturated/α-hetero) is 2. The van der Waals surface area contributed by atoms with Crippen molar-refractivity contribution in [2.75, 3.05) is 13.7 Å². The van der Waals surface area contributed by atoms with Gasteiger partial charge in [-0.15, -0.1) is 6.58 Å². The smallest absolute Gasteiger partial charge is 0.408 e. The number of alkyl carbamates (subject to hydrolysis) is 1. The molecule has 6 atom stereocenters. The predicted molar refractivity (Wildman–Crippen MR) is 147 cm³/mol. The first kappa shape index (κ1) is 33.0. The summed E-state index contributed by atoms with van der Waals surface area (Å²) in [5.41, 5.74) is -1.60. The Morgan fingerprint density at radius 2 is 1.62 bits per heavy atom. The maximum atomic E-state index is 14.0. The summed E-state index contributed by atoms with van der Waals surface area (Å²) in [6, 6.07) is -2.14. The van der Waals surface area contributed by atoms with Gasteiger partial charge in [-0.1, -0.05) is 40.7 Å². The fourth-order valence-corrected chi connectivity index (χ4v) is 5.75. The van der Waals surface area contributed by atoms with Crippen LogP contribution in [0.5, 0.6) is 0 Å². The van der Waals surface area contributed by atoms with Crippen LogP contribution in [0.15, 0.2) is 12.7 Å². The zero-order valence-electron chi connectivity index (χ0n) is 25.1. The van der Waals surface area contributed by atoms with Gasteiger partial charge in [-0.2, -0.15) is 0 Å². The van der Waals surface area contributed by atoms with Gasteiger partial charge in [0.05, 0.1) is 19.1 Å². The quantitative estimate of drug-likeness (QED) is 0.196. The Morgan fingerprint density at radius 3 is 2.12 bits per heavy atom. The first-order valence-corrected chi connectivity index (χ1v) is 13.6. The fraction of sp³-hybridized carbons (Fsp3) is 0.724. The third-order valence-electron chi connectivity index (χ3n) is 7.83. The Labute approximate surface area is 236 Å². The first-order valence-electron chi connectivity index (χ1n) is 13.6. The van der Waals surface area contributed by atoms with Crippen molar-refractivity contribution in [1.82, 2.24) is 16.0 Å². The lowest BCUT2D eigenvalue weighted by Gasteiger charge is -2.35. The van der Waals surface area contributed by atoms with Crippen LogP contribution in [0.3, 0.4) is 0 Å². The van der Waals surface area contributed by atoms with E-state index in [1.807, 2.05) is 34.6 Å². The number of rotatable bonds is 11. The molecule has 3 N–H and O–H groups in total. The molecule has 3 amide bonds. The second kappa shape index (κ2) is 12.1. The van der Waals surface area contributed by atoms with Gasteiger partial charge in [0, 0.05) is 5.92 Å². The van der Waals surface area contributed by atoms with E-state index < -0.39 is 71.1 Å². The SMILES string of the molecule is C=CCC(NC(=O)[C@H]1C(C(=O)[C@H](NC(=O)OC(C)(C)C)C(C)(C)C)C[C@H]2[C@@H]1C2(C)C)C(=O)C(=O)NCC(=O)OC. The summed E-state index contributed by atoms with van der Waals surface area (Å²) in [6.07, 6.45) is 1.12. The Hall–Kier alpha value is -3.24. The van der Waals surface area contributed by atoms with Gasteiger partial charge < -0.3 is 25.4 Å². The minimum atomic E-state index is -1.22. The second-order valence-electron chi connectivity index (χ2n) is 13.4. The number of ether oxygens (including phenoxy) is 2. The molecule has 2 aliphatic carbocycles. The lowest BCUT2D eigenvalue weighted by molar-refractivity contribution is -0.144. The molecule has 0 heterocycles. The number of hydrogen-bond acceptors (Lipinski definition) is 8. The monoisotopic (exact) mass is 563 g/mol. The topological polar surface area (TPSA) is 157 Å². The summed E-state index contributed by atoms with van der Waals surface area (Å²) in [5.74, 6) is -4.93. The Bertz CT molecular complexity index is 1050. The highest BCUT2D eigenvalue weighted by Crippen LogP contribution is 2.71. The number of methoxy groups -OCH3 is 1. The Kier molecular flexibility index (Phi) is 9.97. The maximum Gasteiger partial charge on any atom is 0.408 e. The molecule has 2 fully saturated rings. The van der Waals surface area contributed by atoms with Crippen molar-refractivity contribution in [1.29, 1.82) is 0 Å². The van der Waals surface area contributed by atoms with E-state index in [0.29, 0.717) is 6.42 Å². The Balaban J connectivity index is 2.28. The van der Waals surface area contributed by atoms with Crippen LogP contribution < -0.4 is 16.0 Å². The average molecular weight is 564 g/mol. The highest BCUT2D eigenvalue weighted by Gasteiger charge is 2.70. The summed E-state index contributed by atoms with van der Waals surface area (Å²) in [6.45, 7) is 17.9. The zero-order chi connectivity index (χ0) is 30.8. The number of hydrogen-bond donors (Lipinski definition) is 3. The van der Waals surface area contributed by atoms with Crippen molar-refractivity contribution < 1.29 is 38.2 Å². The van der Waals surface area contributed by atoms with Crippen LogP contribution >= 0.6 is 0 Å². The lowest BCUT2D eigenvalue weighted by atomic mass is 9.74. The average Bonchev–Trinajstić information content (AvgIpc) is 3.16. The van der Waals surface area contributed by atoms with Crippen molar-refractivity contribution in [3.63, 3.8) is 0 Å². The highest BCUT2D eigenvalue weighted by atomic mass is 16.6. The largest absolute Gasteiger partial charge is 0.468 e. The van der Waals surface area contributed by atoms with E-state index in [1.165, 1.54) is 6.08 Å². The van der Waals surface area contributed by atoms with E-state index in [0.717, 1.165) is 7.11 Å². The minimum Gasteiger partial charge on any atom is -0.468 e. The summed E-state index contributed by atoms with van der Waals surface area (Å²) < 4.78 is 9.85. The molecule has 0 aromatic rings. The van der Waals surface area contributed by atoms with E-state index in [9.17, 15) is 28.8 Å². The van der Waals surface area contributed by atoms with Crippen LogP contribution in [0.25, 0.3) is 0 Å². The normalized spacial score (nSPS) is 24.4. The van der Waals surface area contributed by atoms with Crippen LogP contribution in [0.4, 0.5) is 4.79 Å². The molecule has 2 aliphatic rings. The molecule has 11 nitrogen and oxygen atoms in total. The predicted octanol–water partition coefficient (Wildman–Crippen LogP) is 2.32. The molecule has 0 aliphatic heterocycles. The van der Waals surface area contributed by atoms with Crippen LogP contribution in [-0.2, 0) is 33.4 Å². The van der Waals surface area contributed by atoms with Crippen LogP contribution in [0.2, 0.25) is 0 Å². The second-order valence-corrected chi connectivity index (χ2v) is 13.4. The molecule has 0 aromatic carbocycles. The fourth-order valence-electron chi connectivity index (χ4n) is 5.75. The molecular formula is C29H45N3O8. The number of esters is 1. The van der Waals surface area contributed by atoms with Crippen molar-refractivity contribution in [2.24, 2.45) is 34.5 Å². The van der Waals surface area contributed by atoms with Crippen molar-refractivity contribution in [2.45, 2.75) is 85.9 Å². The van der Waals surface area contributed by atoms with Crippen LogP contribution in [-0.4, -0.2) is 66.8 Å². The molecule has 0 spiro atoms. The van der Waals surface area contributed by atoms with Crippen molar-refractivity contribution in [3.05, 3.63) is 12.7 Å². The molecule has 0 radical (unpaired) electrons. The molecule has 40 heavy (non-hydrogen) atoms. The van der Waals surface area contributed by atoms with E-state index in [4.69, 9.17) is 4.74 Å². The van der Waals surface area contributed by atoms with Crippen LogP contribution in [0, 0.1) is 34.5 Å². The number of ketones is 2. The Morgan fingerprint density at radius 1 is 1.02 bits per heavy atom. The molecule has 224 valence electrons. The maximum absolute atomic E-state index is 14.0. The van der Waals surface area contributed by atoms with Crippen molar-refractivity contribution >= 4 is 35.4 Å². The molecule has 2 rings (SSSR count). The van der Waals surface area contributed by atoms with Crippen molar-refractivity contribution in [3.8, 4) is 0 Å². The van der Waals surface area contributed by atoms with E-state index in [1.54, 1.807) is 20.8 Å². The number of amides is 3. The van der Waals surface area contributed by atoms with Gasteiger partial charge in [0.15, 0.2) is 5.78 Å². The first-order chi connectivity index (χ1) is 18.3. The summed E-state index contributed by atoms with van der Waals surface area (Å²) >= 11 is 0. The molecule has 2 saturated carbocycles. The zero-order valence-corrected chi connectivity index (χ0v) is 25.1. The molecule has 11 heteroatoms. The third-order valence-corrected chi connectivity index (χ3v) is 7.83. The van der Waals surface area contributed by atoms with Gasteiger partial charge in [-0.3, -0.25) is 24.0 Å². The van der Waals surface area contributed by atoms with E-state index in [-0.39, 0.29) is 29.5 Å². The lowest BCUT2D eigenvalue weighted by Crippen LogP contribution is -2.55. The van der Waals surface area contributed by atoms with Gasteiger partial charge in [0.25, 0.3) is 5.91 Å². The molecule has 0 bridgehead atoms. The van der Waals surface area contributed by atoms with Gasteiger partial charge >= 0.3 is 12.1 Å². The third kappa shape index (κ3) is 7.69. The number of carbonyl (C=O) groups excluding carboxylic acids is 6. The van der Waals surface area contributed by atoms with Gasteiger partial charge in [0.1, 0.15) is 18.2 Å². The van der Waals surface area contributed by atoms with Gasteiger partial charge in [-0.25, -0.2) is 4.79 Å².